The number of aromatic hydroxyl groups is 1. The minimum atomic E-state index is -2.14. The largest absolute Gasteiger partial charge is 0.507 e. The Morgan fingerprint density at radius 1 is 1.30 bits per heavy atom. The number of nitrogens with two attached hydrogens (primary N) is 1. The molecule has 120 valence electrons. The zero-order valence-electron chi connectivity index (χ0n) is 14.1. The summed E-state index contributed by atoms with van der Waals surface area (Å²) in [5.74, 6) is -1.51. The number of halogens is 2. The number of carbonyl (C=O) groups excluding carboxylic acids is 1. The van der Waals surface area contributed by atoms with Gasteiger partial charge in [0.25, 0.3) is 0 Å². The molecule has 0 saturated carbocycles. The van der Waals surface area contributed by atoms with Crippen LogP contribution < -0.4 is 5.73 Å². The van der Waals surface area contributed by atoms with Crippen LogP contribution in [0.3, 0.4) is 0 Å². The lowest BCUT2D eigenvalue weighted by Gasteiger charge is -2.10. The van der Waals surface area contributed by atoms with Gasteiger partial charge >= 0.3 is 0 Å². The lowest BCUT2D eigenvalue weighted by atomic mass is 10.0. The molecule has 2 rings (SSSR count). The molecule has 0 atom stereocenters. The zero-order valence-corrected chi connectivity index (χ0v) is 12.8. The molecule has 3 N–H and O–H groups in total. The molecule has 6 heteroatoms. The smallest absolute Gasteiger partial charge is 0.217 e. The van der Waals surface area contributed by atoms with Crippen LogP contribution >= 0.6 is 11.6 Å². The van der Waals surface area contributed by atoms with Gasteiger partial charge in [-0.1, -0.05) is 23.7 Å². The van der Waals surface area contributed by atoms with Crippen LogP contribution in [0.4, 0.5) is 4.39 Å². The Hall–Kier alpha value is -2.40. The number of primary amides is 1. The summed E-state index contributed by atoms with van der Waals surface area (Å²) >= 11 is 5.86. The molecule has 0 aliphatic carbocycles. The predicted molar refractivity (Wildman–Crippen MR) is 88.5 cm³/mol. The Kier molecular flexibility index (Phi) is 4.78. The molecule has 0 bridgehead atoms. The van der Waals surface area contributed by atoms with Crippen molar-refractivity contribution in [2.24, 2.45) is 10.7 Å². The lowest BCUT2D eigenvalue weighted by Crippen LogP contribution is -2.11. The van der Waals surface area contributed by atoms with Crippen molar-refractivity contribution in [1.82, 2.24) is 0 Å². The molecule has 0 aliphatic heterocycles. The highest BCUT2D eigenvalue weighted by Crippen LogP contribution is 2.23. The minimum absolute atomic E-state index is 0.0327. The van der Waals surface area contributed by atoms with E-state index in [0.29, 0.717) is 10.6 Å². The molecule has 23 heavy (non-hydrogen) atoms. The van der Waals surface area contributed by atoms with Crippen LogP contribution in [0.1, 0.15) is 26.7 Å². The van der Waals surface area contributed by atoms with Gasteiger partial charge in [-0.2, -0.15) is 0 Å². The van der Waals surface area contributed by atoms with Gasteiger partial charge in [0, 0.05) is 29.1 Å². The van der Waals surface area contributed by atoms with E-state index in [-0.39, 0.29) is 29.9 Å². The number of nitrogens with zero attached hydrogens (tertiary/aromatic N) is 1. The van der Waals surface area contributed by atoms with E-state index in [1.807, 2.05) is 0 Å². The van der Waals surface area contributed by atoms with Crippen LogP contribution in [0.2, 0.25) is 5.02 Å². The Labute approximate surface area is 141 Å². The highest BCUT2D eigenvalue weighted by Gasteiger charge is 2.13. The van der Waals surface area contributed by atoms with Crippen LogP contribution in [-0.2, 0) is 4.79 Å². The monoisotopic (exact) mass is 338 g/mol. The van der Waals surface area contributed by atoms with Crippen LogP contribution in [-0.4, -0.2) is 23.2 Å². The Bertz CT molecular complexity index is 811. The molecule has 0 radical (unpaired) electrons. The van der Waals surface area contributed by atoms with Crippen LogP contribution in [0.15, 0.2) is 47.5 Å². The van der Waals surface area contributed by atoms with Crippen LogP contribution in [0.5, 0.6) is 5.75 Å². The van der Waals surface area contributed by atoms with E-state index in [9.17, 15) is 14.3 Å². The minimum Gasteiger partial charge on any atom is -0.507 e. The predicted octanol–water partition coefficient (Wildman–Crippen LogP) is 3.29. The summed E-state index contributed by atoms with van der Waals surface area (Å²) in [6.45, 7) is -2.14. The summed E-state index contributed by atoms with van der Waals surface area (Å²) in [5.41, 5.74) is 5.57. The summed E-state index contributed by atoms with van der Waals surface area (Å²) in [7, 11) is 0. The summed E-state index contributed by atoms with van der Waals surface area (Å²) in [6, 6.07) is 9.61. The summed E-state index contributed by atoms with van der Waals surface area (Å²) < 4.78 is 29.6. The topological polar surface area (TPSA) is 75.7 Å². The first-order valence-electron chi connectivity index (χ1n) is 7.81. The van der Waals surface area contributed by atoms with E-state index in [1.165, 1.54) is 0 Å². The maximum atomic E-state index is 13.6. The highest BCUT2D eigenvalue weighted by atomic mass is 35.5. The molecular formula is C17H16ClFN2O2. The summed E-state index contributed by atoms with van der Waals surface area (Å²) in [5, 5.41) is 10.5. The fraction of sp³-hybridized carbons (Fsp3) is 0.176. The van der Waals surface area contributed by atoms with Gasteiger partial charge in [0.2, 0.25) is 5.91 Å². The maximum absolute atomic E-state index is 13.6. The molecule has 0 aliphatic rings. The summed E-state index contributed by atoms with van der Waals surface area (Å²) in [6.07, 6.45) is -0.435. The van der Waals surface area contributed by atoms with Crippen LogP contribution in [0.25, 0.3) is 0 Å². The number of hydrogen-bond acceptors (Lipinski definition) is 3. The molecule has 0 saturated heterocycles. The summed E-state index contributed by atoms with van der Waals surface area (Å²) in [4.78, 5) is 14.9. The second-order valence-electron chi connectivity index (χ2n) is 4.75. The van der Waals surface area contributed by atoms with E-state index >= 15 is 0 Å². The molecule has 0 aromatic heterocycles. The molecule has 0 unspecified atom stereocenters. The number of amides is 1. The van der Waals surface area contributed by atoms with Gasteiger partial charge in [0.15, 0.2) is 0 Å². The van der Waals surface area contributed by atoms with Gasteiger partial charge in [-0.25, -0.2) is 4.39 Å². The quantitative estimate of drug-likeness (QED) is 0.482. The van der Waals surface area contributed by atoms with Gasteiger partial charge < -0.3 is 10.8 Å². The SMILES string of the molecule is [2H]C([2H])(CC[13C]([15NH2])=O)N=C(c1ccc(Cl)cc1)c1cc(F)ccc1O. The highest BCUT2D eigenvalue weighted by molar-refractivity contribution is 6.30. The van der Waals surface area contributed by atoms with Gasteiger partial charge in [-0.15, -0.1) is 0 Å². The van der Waals surface area contributed by atoms with Crippen molar-refractivity contribution in [3.63, 3.8) is 0 Å². The third-order valence-corrected chi connectivity index (χ3v) is 3.26. The maximum Gasteiger partial charge on any atom is 0.217 e. The van der Waals surface area contributed by atoms with Crippen LogP contribution in [0, 0.1) is 5.82 Å². The van der Waals surface area contributed by atoms with Gasteiger partial charge in [0.05, 0.1) is 8.45 Å². The first kappa shape index (κ1) is 14.2. The Balaban J connectivity index is 2.56. The van der Waals surface area contributed by atoms with Crippen molar-refractivity contribution in [2.75, 3.05) is 6.50 Å². The molecule has 0 fully saturated rings. The van der Waals surface area contributed by atoms with E-state index in [0.717, 1.165) is 18.2 Å². The van der Waals surface area contributed by atoms with Crippen molar-refractivity contribution >= 4 is 23.2 Å². The molecule has 2 aromatic rings. The third kappa shape index (κ3) is 4.79. The number of phenolic OH excluding ortho intramolecular Hbond substituents is 1. The molecular weight excluding hydrogens is 321 g/mol. The number of aliphatic imine (C=N–C) groups is 1. The van der Waals surface area contributed by atoms with Crippen molar-refractivity contribution in [3.05, 3.63) is 64.4 Å². The fourth-order valence-corrected chi connectivity index (χ4v) is 2.03. The third-order valence-electron chi connectivity index (χ3n) is 3.01. The molecule has 0 heterocycles. The van der Waals surface area contributed by atoms with E-state index < -0.39 is 18.2 Å². The average molecular weight is 339 g/mol. The molecule has 1 amide bonds. The van der Waals surface area contributed by atoms with Crippen molar-refractivity contribution < 1.29 is 17.0 Å². The number of carbonyl (C=O) groups is 1. The molecule has 2 aromatic carbocycles. The van der Waals surface area contributed by atoms with Crippen molar-refractivity contribution in [1.29, 1.82) is 0 Å². The molecule has 0 spiro atoms. The Morgan fingerprint density at radius 3 is 2.65 bits per heavy atom. The average Bonchev–Trinajstić information content (AvgIpc) is 2.54. The first-order valence-corrected chi connectivity index (χ1v) is 7.19. The second-order valence-corrected chi connectivity index (χ2v) is 5.19. The lowest BCUT2D eigenvalue weighted by molar-refractivity contribution is -0.118. The van der Waals surface area contributed by atoms with E-state index in [1.54, 1.807) is 24.3 Å². The standard InChI is InChI=1S/C17H16ClFN2O2/c18-12-5-3-11(4-6-12)17(21-9-1-2-16(20)23)14-10-13(19)7-8-15(14)22/h3-8,10,22H,1-2,9H2,(H2,20,23)/i9D2,16+1,20+1. The number of rotatable bonds is 6. The number of hydrogen-bond donors (Lipinski definition) is 2. The van der Waals surface area contributed by atoms with Gasteiger partial charge in [-0.05, 0) is 36.8 Å². The fourth-order valence-electron chi connectivity index (χ4n) is 1.90. The van der Waals surface area contributed by atoms with Gasteiger partial charge in [0.1, 0.15) is 11.6 Å². The van der Waals surface area contributed by atoms with Crippen molar-refractivity contribution in [3.8, 4) is 5.75 Å². The van der Waals surface area contributed by atoms with E-state index in [4.69, 9.17) is 20.1 Å². The van der Waals surface area contributed by atoms with E-state index in [2.05, 4.69) is 4.99 Å². The Morgan fingerprint density at radius 2 is 2.00 bits per heavy atom. The van der Waals surface area contributed by atoms with Gasteiger partial charge in [-0.3, -0.25) is 9.79 Å². The first-order chi connectivity index (χ1) is 11.7. The van der Waals surface area contributed by atoms with Crippen molar-refractivity contribution in [2.45, 2.75) is 12.8 Å². The molecule has 4 nitrogen and oxygen atoms in total. The normalized spacial score (nSPS) is 13.4. The number of benzene rings is 2. The number of phenols is 1. The zero-order chi connectivity index (χ0) is 18.6. The second kappa shape index (κ2) is 7.74.